The first-order chi connectivity index (χ1) is 8.43. The van der Waals surface area contributed by atoms with Crippen LogP contribution in [-0.2, 0) is 21.6 Å². The van der Waals surface area contributed by atoms with E-state index in [-0.39, 0.29) is 30.8 Å². The minimum absolute atomic E-state index is 0.127. The Hall–Kier alpha value is -1.82. The van der Waals surface area contributed by atoms with Gasteiger partial charge in [0, 0.05) is 6.42 Å². The number of esters is 1. The molecule has 0 amide bonds. The van der Waals surface area contributed by atoms with Crippen LogP contribution in [0.4, 0.5) is 0 Å². The van der Waals surface area contributed by atoms with Crippen LogP contribution in [0.15, 0.2) is 24.3 Å². The van der Waals surface area contributed by atoms with Crippen LogP contribution in [-0.4, -0.2) is 5.97 Å². The van der Waals surface area contributed by atoms with Gasteiger partial charge in [-0.05, 0) is 16.5 Å². The molecule has 0 spiro atoms. The predicted octanol–water partition coefficient (Wildman–Crippen LogP) is 3.33. The summed E-state index contributed by atoms with van der Waals surface area (Å²) < 4.78 is 5.07. The molecule has 0 saturated carbocycles. The molecular formula is C15H19NO2. The average Bonchev–Trinajstić information content (AvgIpc) is 2.33. The predicted molar refractivity (Wildman–Crippen MR) is 69.8 cm³/mol. The van der Waals surface area contributed by atoms with Crippen LogP contribution in [0.3, 0.4) is 0 Å². The molecule has 0 atom stereocenters. The summed E-state index contributed by atoms with van der Waals surface area (Å²) in [6.45, 7) is 6.74. The normalized spacial score (nSPS) is 10.8. The molecular weight excluding hydrogens is 226 g/mol. The van der Waals surface area contributed by atoms with Crippen molar-refractivity contribution < 1.29 is 9.53 Å². The second-order valence-electron chi connectivity index (χ2n) is 5.27. The lowest BCUT2D eigenvalue weighted by molar-refractivity contribution is -0.144. The Labute approximate surface area is 108 Å². The molecule has 0 aromatic heterocycles. The van der Waals surface area contributed by atoms with E-state index >= 15 is 0 Å². The van der Waals surface area contributed by atoms with Gasteiger partial charge in [-0.2, -0.15) is 5.26 Å². The second kappa shape index (κ2) is 6.20. The van der Waals surface area contributed by atoms with E-state index < -0.39 is 0 Å². The molecule has 0 bridgehead atoms. The summed E-state index contributed by atoms with van der Waals surface area (Å²) in [5.74, 6) is -0.323. The third kappa shape index (κ3) is 4.58. The van der Waals surface area contributed by atoms with Crippen LogP contribution in [0, 0.1) is 11.3 Å². The maximum absolute atomic E-state index is 11.2. The number of carbonyl (C=O) groups excluding carboxylic acids is 1. The first kappa shape index (κ1) is 14.2. The molecule has 1 aromatic rings. The molecule has 3 nitrogen and oxygen atoms in total. The first-order valence-electron chi connectivity index (χ1n) is 6.05. The van der Waals surface area contributed by atoms with E-state index in [1.165, 1.54) is 5.56 Å². The van der Waals surface area contributed by atoms with Crippen LogP contribution in [0.1, 0.15) is 44.7 Å². The summed E-state index contributed by atoms with van der Waals surface area (Å²) in [5.41, 5.74) is 2.34. The third-order valence-corrected chi connectivity index (χ3v) is 2.66. The van der Waals surface area contributed by atoms with Crippen molar-refractivity contribution in [2.24, 2.45) is 0 Å². The maximum atomic E-state index is 11.2. The minimum atomic E-state index is -0.323. The number of nitrogens with zero attached hydrogens (tertiary/aromatic N) is 1. The molecule has 0 N–H and O–H groups in total. The number of hydrogen-bond donors (Lipinski definition) is 0. The zero-order chi connectivity index (χ0) is 13.6. The number of benzene rings is 1. The third-order valence-electron chi connectivity index (χ3n) is 2.66. The van der Waals surface area contributed by atoms with Crippen molar-refractivity contribution in [3.8, 4) is 6.07 Å². The molecule has 0 aliphatic rings. The van der Waals surface area contributed by atoms with E-state index in [0.717, 1.165) is 5.56 Å². The fourth-order valence-corrected chi connectivity index (χ4v) is 1.49. The maximum Gasteiger partial charge on any atom is 0.307 e. The van der Waals surface area contributed by atoms with Crippen molar-refractivity contribution in [2.45, 2.75) is 45.6 Å². The van der Waals surface area contributed by atoms with E-state index in [1.807, 2.05) is 18.2 Å². The summed E-state index contributed by atoms with van der Waals surface area (Å²) in [4.78, 5) is 11.2. The van der Waals surface area contributed by atoms with E-state index in [0.29, 0.717) is 0 Å². The van der Waals surface area contributed by atoms with Crippen LogP contribution < -0.4 is 0 Å². The number of ether oxygens (including phenoxy) is 1. The average molecular weight is 245 g/mol. The molecule has 1 rings (SSSR count). The zero-order valence-corrected chi connectivity index (χ0v) is 11.2. The molecule has 0 aliphatic carbocycles. The fourth-order valence-electron chi connectivity index (χ4n) is 1.49. The van der Waals surface area contributed by atoms with Crippen molar-refractivity contribution in [1.82, 2.24) is 0 Å². The van der Waals surface area contributed by atoms with E-state index in [9.17, 15) is 4.79 Å². The Morgan fingerprint density at radius 3 is 2.39 bits per heavy atom. The topological polar surface area (TPSA) is 50.1 Å². The molecule has 0 fully saturated rings. The molecule has 3 heteroatoms. The van der Waals surface area contributed by atoms with E-state index in [2.05, 4.69) is 32.9 Å². The SMILES string of the molecule is CC(C)(C)c1ccc(COC(=O)CCC#N)cc1. The van der Waals surface area contributed by atoms with Gasteiger partial charge in [-0.25, -0.2) is 0 Å². The Balaban J connectivity index is 2.50. The molecule has 18 heavy (non-hydrogen) atoms. The lowest BCUT2D eigenvalue weighted by Gasteiger charge is -2.19. The van der Waals surface area contributed by atoms with Gasteiger partial charge in [0.25, 0.3) is 0 Å². The highest BCUT2D eigenvalue weighted by molar-refractivity contribution is 5.69. The standard InChI is InChI=1S/C15H19NO2/c1-15(2,3)13-8-6-12(7-9-13)11-18-14(17)5-4-10-16/h6-9H,4-5,11H2,1-3H3. The Kier molecular flexibility index (Phi) is 4.91. The van der Waals surface area contributed by atoms with Gasteiger partial charge in [0.2, 0.25) is 0 Å². The van der Waals surface area contributed by atoms with Gasteiger partial charge in [-0.15, -0.1) is 0 Å². The molecule has 0 radical (unpaired) electrons. The van der Waals surface area contributed by atoms with Crippen molar-refractivity contribution in [2.75, 3.05) is 0 Å². The Bertz CT molecular complexity index is 435. The van der Waals surface area contributed by atoms with Crippen molar-refractivity contribution >= 4 is 5.97 Å². The second-order valence-corrected chi connectivity index (χ2v) is 5.27. The summed E-state index contributed by atoms with van der Waals surface area (Å²) in [5, 5.41) is 8.35. The van der Waals surface area contributed by atoms with Crippen LogP contribution in [0.25, 0.3) is 0 Å². The Morgan fingerprint density at radius 1 is 1.28 bits per heavy atom. The molecule has 0 unspecified atom stereocenters. The molecule has 0 saturated heterocycles. The number of nitriles is 1. The van der Waals surface area contributed by atoms with E-state index in [1.54, 1.807) is 0 Å². The van der Waals surface area contributed by atoms with Gasteiger partial charge in [0.15, 0.2) is 0 Å². The van der Waals surface area contributed by atoms with Crippen LogP contribution in [0.5, 0.6) is 0 Å². The molecule has 1 aromatic carbocycles. The van der Waals surface area contributed by atoms with Crippen molar-refractivity contribution in [1.29, 1.82) is 5.26 Å². The highest BCUT2D eigenvalue weighted by atomic mass is 16.5. The summed E-state index contributed by atoms with van der Waals surface area (Å²) >= 11 is 0. The molecule has 96 valence electrons. The number of carbonyl (C=O) groups is 1. The van der Waals surface area contributed by atoms with Gasteiger partial charge in [0.05, 0.1) is 12.5 Å². The van der Waals surface area contributed by atoms with Gasteiger partial charge in [0.1, 0.15) is 6.61 Å². The summed E-state index contributed by atoms with van der Waals surface area (Å²) in [6, 6.07) is 9.97. The van der Waals surface area contributed by atoms with Crippen LogP contribution in [0.2, 0.25) is 0 Å². The quantitative estimate of drug-likeness (QED) is 0.764. The number of rotatable bonds is 4. The lowest BCUT2D eigenvalue weighted by Crippen LogP contribution is -2.11. The zero-order valence-electron chi connectivity index (χ0n) is 11.2. The van der Waals surface area contributed by atoms with Gasteiger partial charge in [-0.1, -0.05) is 45.0 Å². The Morgan fingerprint density at radius 2 is 1.89 bits per heavy atom. The highest BCUT2D eigenvalue weighted by Crippen LogP contribution is 2.22. The first-order valence-corrected chi connectivity index (χ1v) is 6.05. The van der Waals surface area contributed by atoms with Gasteiger partial charge in [-0.3, -0.25) is 4.79 Å². The largest absolute Gasteiger partial charge is 0.461 e. The molecule has 0 aliphatic heterocycles. The van der Waals surface area contributed by atoms with Gasteiger partial charge >= 0.3 is 5.97 Å². The summed E-state index contributed by atoms with van der Waals surface area (Å²) in [6.07, 6.45) is 0.373. The van der Waals surface area contributed by atoms with E-state index in [4.69, 9.17) is 10.00 Å². The van der Waals surface area contributed by atoms with Crippen molar-refractivity contribution in [3.63, 3.8) is 0 Å². The highest BCUT2D eigenvalue weighted by Gasteiger charge is 2.12. The van der Waals surface area contributed by atoms with Gasteiger partial charge < -0.3 is 4.74 Å². The number of hydrogen-bond acceptors (Lipinski definition) is 3. The monoisotopic (exact) mass is 245 g/mol. The molecule has 0 heterocycles. The fraction of sp³-hybridized carbons (Fsp3) is 0.467. The minimum Gasteiger partial charge on any atom is -0.461 e. The summed E-state index contributed by atoms with van der Waals surface area (Å²) in [7, 11) is 0. The smallest absolute Gasteiger partial charge is 0.307 e. The van der Waals surface area contributed by atoms with Crippen molar-refractivity contribution in [3.05, 3.63) is 35.4 Å². The lowest BCUT2D eigenvalue weighted by atomic mass is 9.87. The van der Waals surface area contributed by atoms with Crippen LogP contribution >= 0.6 is 0 Å².